The number of rotatable bonds is 3. The van der Waals surface area contributed by atoms with Crippen molar-refractivity contribution in [1.29, 1.82) is 0 Å². The molecule has 0 aromatic carbocycles. The first-order chi connectivity index (χ1) is 9.34. The molecule has 0 bridgehead atoms. The molecule has 1 fully saturated rings. The summed E-state index contributed by atoms with van der Waals surface area (Å²) in [6.45, 7) is 11.4. The molecule has 0 aliphatic carbocycles. The van der Waals surface area contributed by atoms with E-state index < -0.39 is 0 Å². The summed E-state index contributed by atoms with van der Waals surface area (Å²) in [6, 6.07) is 2.22. The van der Waals surface area contributed by atoms with Gasteiger partial charge in [-0.25, -0.2) is 0 Å². The monoisotopic (exact) mass is 316 g/mol. The highest BCUT2D eigenvalue weighted by Gasteiger charge is 2.21. The van der Waals surface area contributed by atoms with Crippen LogP contribution in [0.25, 0.3) is 0 Å². The zero-order valence-electron chi connectivity index (χ0n) is 13.1. The first-order valence-electron chi connectivity index (χ1n) is 7.07. The largest absolute Gasteiger partial charge is 0.338 e. The molecule has 0 spiro atoms. The molecular formula is C14H25ClN4O2. The molecule has 6 nitrogen and oxygen atoms in total. The first-order valence-corrected chi connectivity index (χ1v) is 7.07. The summed E-state index contributed by atoms with van der Waals surface area (Å²) >= 11 is 0. The maximum atomic E-state index is 12.0. The van der Waals surface area contributed by atoms with Crippen LogP contribution < -0.4 is 10.6 Å². The van der Waals surface area contributed by atoms with Crippen LogP contribution in [0.2, 0.25) is 0 Å². The normalized spacial score (nSPS) is 19.9. The lowest BCUT2D eigenvalue weighted by Crippen LogP contribution is -2.51. The summed E-state index contributed by atoms with van der Waals surface area (Å²) in [7, 11) is 0. The molecule has 120 valence electrons. The predicted molar refractivity (Wildman–Crippen MR) is 85.0 cm³/mol. The van der Waals surface area contributed by atoms with Crippen LogP contribution in [-0.2, 0) is 10.2 Å². The molecule has 21 heavy (non-hydrogen) atoms. The van der Waals surface area contributed by atoms with Crippen molar-refractivity contribution < 1.29 is 9.32 Å². The molecule has 1 aromatic rings. The lowest BCUT2D eigenvalue weighted by molar-refractivity contribution is -0.117. The smallest absolute Gasteiger partial charge is 0.240 e. The van der Waals surface area contributed by atoms with E-state index in [-0.39, 0.29) is 23.7 Å². The number of aromatic nitrogens is 1. The third-order valence-corrected chi connectivity index (χ3v) is 3.36. The fourth-order valence-corrected chi connectivity index (χ4v) is 2.22. The lowest BCUT2D eigenvalue weighted by Gasteiger charge is -2.30. The van der Waals surface area contributed by atoms with Gasteiger partial charge in [0.1, 0.15) is 0 Å². The van der Waals surface area contributed by atoms with Crippen LogP contribution in [0.3, 0.4) is 0 Å². The van der Waals surface area contributed by atoms with E-state index in [1.807, 2.05) is 0 Å². The second kappa shape index (κ2) is 7.24. The Balaban J connectivity index is 0.00000220. The van der Waals surface area contributed by atoms with Gasteiger partial charge in [0.15, 0.2) is 0 Å². The third-order valence-electron chi connectivity index (χ3n) is 3.36. The van der Waals surface area contributed by atoms with Gasteiger partial charge in [-0.05, 0) is 6.92 Å². The number of carbonyl (C=O) groups is 1. The second-order valence-corrected chi connectivity index (χ2v) is 6.46. The molecule has 1 aliphatic heterocycles. The van der Waals surface area contributed by atoms with E-state index in [1.165, 1.54) is 0 Å². The zero-order valence-corrected chi connectivity index (χ0v) is 13.9. The van der Waals surface area contributed by atoms with E-state index in [9.17, 15) is 4.79 Å². The molecular weight excluding hydrogens is 292 g/mol. The fourth-order valence-electron chi connectivity index (χ4n) is 2.22. The summed E-state index contributed by atoms with van der Waals surface area (Å²) in [6.07, 6.45) is 0. The van der Waals surface area contributed by atoms with Gasteiger partial charge in [-0.1, -0.05) is 25.9 Å². The Hall–Kier alpha value is -1.11. The molecule has 1 aromatic heterocycles. The van der Waals surface area contributed by atoms with Crippen molar-refractivity contribution in [2.75, 3.05) is 31.5 Å². The van der Waals surface area contributed by atoms with Gasteiger partial charge < -0.3 is 9.84 Å². The van der Waals surface area contributed by atoms with Crippen molar-refractivity contribution in [3.05, 3.63) is 11.8 Å². The first kappa shape index (κ1) is 17.9. The number of hydrogen-bond donors (Lipinski definition) is 2. The number of halogens is 1. The molecule has 0 radical (unpaired) electrons. The lowest BCUT2D eigenvalue weighted by atomic mass is 9.92. The van der Waals surface area contributed by atoms with Gasteiger partial charge in [0.2, 0.25) is 11.8 Å². The van der Waals surface area contributed by atoms with E-state index >= 15 is 0 Å². The van der Waals surface area contributed by atoms with E-state index in [2.05, 4.69) is 48.4 Å². The van der Waals surface area contributed by atoms with E-state index in [0.29, 0.717) is 18.5 Å². The standard InChI is InChI=1S/C14H24N4O2.ClH/c1-10-8-18(6-5-15-10)9-12(19)16-13-7-11(17-20-13)14(2,3)4;/h7,10,15H,5-6,8-9H2,1-4H3,(H,16,19);1H. The molecule has 0 saturated carbocycles. The Morgan fingerprint density at radius 1 is 1.57 bits per heavy atom. The summed E-state index contributed by atoms with van der Waals surface area (Å²) < 4.78 is 5.16. The molecule has 1 amide bonds. The van der Waals surface area contributed by atoms with Gasteiger partial charge in [-0.3, -0.25) is 15.0 Å². The van der Waals surface area contributed by atoms with Gasteiger partial charge in [0, 0.05) is 37.2 Å². The van der Waals surface area contributed by atoms with Crippen LogP contribution in [0.4, 0.5) is 5.88 Å². The number of hydrogen-bond acceptors (Lipinski definition) is 5. The summed E-state index contributed by atoms with van der Waals surface area (Å²) in [5, 5.41) is 10.1. The van der Waals surface area contributed by atoms with E-state index in [1.54, 1.807) is 6.07 Å². The third kappa shape index (κ3) is 5.30. The van der Waals surface area contributed by atoms with Crippen molar-refractivity contribution in [2.45, 2.75) is 39.2 Å². The van der Waals surface area contributed by atoms with Crippen LogP contribution in [0.5, 0.6) is 0 Å². The van der Waals surface area contributed by atoms with Gasteiger partial charge in [-0.15, -0.1) is 12.4 Å². The Labute approximate surface area is 132 Å². The minimum Gasteiger partial charge on any atom is -0.338 e. The molecule has 1 unspecified atom stereocenters. The maximum Gasteiger partial charge on any atom is 0.240 e. The quantitative estimate of drug-likeness (QED) is 0.887. The summed E-state index contributed by atoms with van der Waals surface area (Å²) in [4.78, 5) is 14.1. The Morgan fingerprint density at radius 2 is 2.29 bits per heavy atom. The molecule has 7 heteroatoms. The zero-order chi connectivity index (χ0) is 14.8. The average Bonchev–Trinajstić information content (AvgIpc) is 2.76. The molecule has 1 atom stereocenters. The van der Waals surface area contributed by atoms with Crippen molar-refractivity contribution in [2.24, 2.45) is 0 Å². The molecule has 2 N–H and O–H groups in total. The molecule has 2 heterocycles. The minimum atomic E-state index is -0.0829. The maximum absolute atomic E-state index is 12.0. The average molecular weight is 317 g/mol. The van der Waals surface area contributed by atoms with Crippen LogP contribution in [0, 0.1) is 0 Å². The molecule has 1 aliphatic rings. The van der Waals surface area contributed by atoms with E-state index in [0.717, 1.165) is 25.3 Å². The SMILES string of the molecule is CC1CN(CC(=O)Nc2cc(C(C)(C)C)no2)CCN1.Cl. The Bertz CT molecular complexity index is 470. The van der Waals surface area contributed by atoms with Crippen molar-refractivity contribution in [1.82, 2.24) is 15.4 Å². The number of amides is 1. The predicted octanol–water partition coefficient (Wildman–Crippen LogP) is 1.63. The highest BCUT2D eigenvalue weighted by Crippen LogP contribution is 2.23. The van der Waals surface area contributed by atoms with Crippen molar-refractivity contribution >= 4 is 24.2 Å². The minimum absolute atomic E-state index is 0. The molecule has 2 rings (SSSR count). The van der Waals surface area contributed by atoms with E-state index in [4.69, 9.17) is 4.52 Å². The van der Waals surface area contributed by atoms with Gasteiger partial charge in [0.05, 0.1) is 12.2 Å². The number of nitrogens with zero attached hydrogens (tertiary/aromatic N) is 2. The van der Waals surface area contributed by atoms with Gasteiger partial charge in [0.25, 0.3) is 0 Å². The van der Waals surface area contributed by atoms with Crippen molar-refractivity contribution in [3.8, 4) is 0 Å². The van der Waals surface area contributed by atoms with Gasteiger partial charge in [-0.2, -0.15) is 0 Å². The number of nitrogens with one attached hydrogen (secondary N) is 2. The van der Waals surface area contributed by atoms with Crippen LogP contribution >= 0.6 is 12.4 Å². The number of carbonyl (C=O) groups excluding carboxylic acids is 1. The summed E-state index contributed by atoms with van der Waals surface area (Å²) in [5.41, 5.74) is 0.754. The van der Waals surface area contributed by atoms with Gasteiger partial charge >= 0.3 is 0 Å². The van der Waals surface area contributed by atoms with Crippen LogP contribution in [0.1, 0.15) is 33.4 Å². The van der Waals surface area contributed by atoms with Crippen LogP contribution in [0.15, 0.2) is 10.6 Å². The highest BCUT2D eigenvalue weighted by atomic mass is 35.5. The second-order valence-electron chi connectivity index (χ2n) is 6.46. The Kier molecular flexibility index (Phi) is 6.19. The van der Waals surface area contributed by atoms with Crippen molar-refractivity contribution in [3.63, 3.8) is 0 Å². The topological polar surface area (TPSA) is 70.4 Å². The summed E-state index contributed by atoms with van der Waals surface area (Å²) in [5.74, 6) is 0.360. The number of anilines is 1. The fraction of sp³-hybridized carbons (Fsp3) is 0.714. The Morgan fingerprint density at radius 3 is 2.86 bits per heavy atom. The molecule has 1 saturated heterocycles. The van der Waals surface area contributed by atoms with Crippen LogP contribution in [-0.4, -0.2) is 48.2 Å². The number of piperazine rings is 1. The highest BCUT2D eigenvalue weighted by molar-refractivity contribution is 5.91.